The molecular formula is C15H21N3S. The Hall–Kier alpha value is -1.26. The van der Waals surface area contributed by atoms with Crippen LogP contribution in [0.1, 0.15) is 32.0 Å². The molecule has 0 bridgehead atoms. The van der Waals surface area contributed by atoms with Crippen LogP contribution in [0.2, 0.25) is 0 Å². The van der Waals surface area contributed by atoms with Crippen molar-refractivity contribution >= 4 is 11.8 Å². The van der Waals surface area contributed by atoms with Gasteiger partial charge in [0.1, 0.15) is 0 Å². The molecule has 0 aliphatic heterocycles. The van der Waals surface area contributed by atoms with E-state index in [0.29, 0.717) is 5.92 Å². The predicted octanol–water partition coefficient (Wildman–Crippen LogP) is 3.64. The van der Waals surface area contributed by atoms with Crippen molar-refractivity contribution < 1.29 is 0 Å². The number of aromatic nitrogens is 2. The Labute approximate surface area is 119 Å². The Bertz CT molecular complexity index is 534. The number of nitrogens with zero attached hydrogens (tertiary/aromatic N) is 2. The van der Waals surface area contributed by atoms with E-state index >= 15 is 0 Å². The molecular weight excluding hydrogens is 254 g/mol. The van der Waals surface area contributed by atoms with Gasteiger partial charge in [0, 0.05) is 16.6 Å². The topological polar surface area (TPSA) is 43.8 Å². The second-order valence-electron chi connectivity index (χ2n) is 5.13. The summed E-state index contributed by atoms with van der Waals surface area (Å²) in [6.45, 7) is 4.38. The fourth-order valence-corrected chi connectivity index (χ4v) is 2.64. The summed E-state index contributed by atoms with van der Waals surface area (Å²) in [6, 6.07) is 8.46. The van der Waals surface area contributed by atoms with Crippen LogP contribution in [0.25, 0.3) is 5.69 Å². The minimum absolute atomic E-state index is 0.0282. The Kier molecular flexibility index (Phi) is 4.66. The first kappa shape index (κ1) is 14.2. The van der Waals surface area contributed by atoms with Gasteiger partial charge >= 0.3 is 0 Å². The SMILES string of the molecule is CSc1cccc(-n2cncc2C(N)CC(C)C)c1. The van der Waals surface area contributed by atoms with Crippen LogP contribution >= 0.6 is 11.8 Å². The number of imidazole rings is 1. The van der Waals surface area contributed by atoms with E-state index in [-0.39, 0.29) is 6.04 Å². The molecule has 1 atom stereocenters. The molecule has 0 aliphatic carbocycles. The highest BCUT2D eigenvalue weighted by molar-refractivity contribution is 7.98. The fraction of sp³-hybridized carbons (Fsp3) is 0.400. The smallest absolute Gasteiger partial charge is 0.0994 e. The monoisotopic (exact) mass is 275 g/mol. The van der Waals surface area contributed by atoms with Crippen molar-refractivity contribution in [2.24, 2.45) is 11.7 Å². The van der Waals surface area contributed by atoms with E-state index in [0.717, 1.165) is 17.8 Å². The molecule has 2 aromatic rings. The maximum Gasteiger partial charge on any atom is 0.0994 e. The van der Waals surface area contributed by atoms with Crippen LogP contribution in [-0.4, -0.2) is 15.8 Å². The first-order chi connectivity index (χ1) is 9.11. The van der Waals surface area contributed by atoms with Crippen molar-refractivity contribution in [1.82, 2.24) is 9.55 Å². The number of thioether (sulfide) groups is 1. The minimum Gasteiger partial charge on any atom is -0.323 e. The molecule has 102 valence electrons. The number of hydrogen-bond donors (Lipinski definition) is 1. The lowest BCUT2D eigenvalue weighted by molar-refractivity contribution is 0.498. The summed E-state index contributed by atoms with van der Waals surface area (Å²) in [4.78, 5) is 5.50. The molecule has 0 aliphatic rings. The number of nitrogens with two attached hydrogens (primary N) is 1. The molecule has 2 N–H and O–H groups in total. The third-order valence-electron chi connectivity index (χ3n) is 3.10. The zero-order valence-corrected chi connectivity index (χ0v) is 12.5. The van der Waals surface area contributed by atoms with Crippen molar-refractivity contribution in [2.75, 3.05) is 6.26 Å². The summed E-state index contributed by atoms with van der Waals surface area (Å²) >= 11 is 1.74. The summed E-state index contributed by atoms with van der Waals surface area (Å²) in [5, 5.41) is 0. The van der Waals surface area contributed by atoms with E-state index in [2.05, 4.69) is 53.9 Å². The Balaban J connectivity index is 2.32. The molecule has 0 spiro atoms. The van der Waals surface area contributed by atoms with Crippen molar-refractivity contribution in [2.45, 2.75) is 31.2 Å². The minimum atomic E-state index is 0.0282. The van der Waals surface area contributed by atoms with Gasteiger partial charge in [0.05, 0.1) is 18.2 Å². The van der Waals surface area contributed by atoms with Gasteiger partial charge in [-0.05, 0) is 36.8 Å². The molecule has 2 rings (SSSR count). The van der Waals surface area contributed by atoms with E-state index in [1.807, 2.05) is 12.5 Å². The van der Waals surface area contributed by atoms with E-state index in [9.17, 15) is 0 Å². The molecule has 0 radical (unpaired) electrons. The standard InChI is InChI=1S/C15H21N3S/c1-11(2)7-14(16)15-9-17-10-18(15)12-5-4-6-13(8-12)19-3/h4-6,8-11,14H,7,16H2,1-3H3. The van der Waals surface area contributed by atoms with Crippen molar-refractivity contribution in [3.63, 3.8) is 0 Å². The molecule has 1 aromatic carbocycles. The molecule has 19 heavy (non-hydrogen) atoms. The molecule has 0 amide bonds. The Morgan fingerprint density at radius 3 is 2.84 bits per heavy atom. The second kappa shape index (κ2) is 6.26. The summed E-state index contributed by atoms with van der Waals surface area (Å²) in [5.74, 6) is 0.580. The average molecular weight is 275 g/mol. The first-order valence-corrected chi connectivity index (χ1v) is 7.76. The zero-order chi connectivity index (χ0) is 13.8. The third-order valence-corrected chi connectivity index (χ3v) is 3.83. The zero-order valence-electron chi connectivity index (χ0n) is 11.7. The van der Waals surface area contributed by atoms with E-state index < -0.39 is 0 Å². The lowest BCUT2D eigenvalue weighted by Crippen LogP contribution is -2.16. The summed E-state index contributed by atoms with van der Waals surface area (Å²) in [6.07, 6.45) is 6.76. The normalized spacial score (nSPS) is 12.9. The number of rotatable bonds is 5. The molecule has 4 heteroatoms. The quantitative estimate of drug-likeness (QED) is 0.847. The largest absolute Gasteiger partial charge is 0.323 e. The molecule has 3 nitrogen and oxygen atoms in total. The van der Waals surface area contributed by atoms with Crippen LogP contribution in [0.15, 0.2) is 41.7 Å². The number of hydrogen-bond acceptors (Lipinski definition) is 3. The van der Waals surface area contributed by atoms with Gasteiger partial charge < -0.3 is 10.3 Å². The van der Waals surface area contributed by atoms with Gasteiger partial charge in [0.25, 0.3) is 0 Å². The lowest BCUT2D eigenvalue weighted by atomic mass is 10.0. The Morgan fingerprint density at radius 1 is 1.37 bits per heavy atom. The van der Waals surface area contributed by atoms with Crippen LogP contribution in [0.5, 0.6) is 0 Å². The maximum atomic E-state index is 6.28. The third kappa shape index (κ3) is 3.39. The summed E-state index contributed by atoms with van der Waals surface area (Å²) in [7, 11) is 0. The van der Waals surface area contributed by atoms with Crippen LogP contribution < -0.4 is 5.73 Å². The highest BCUT2D eigenvalue weighted by atomic mass is 32.2. The van der Waals surface area contributed by atoms with Crippen LogP contribution in [-0.2, 0) is 0 Å². The van der Waals surface area contributed by atoms with Crippen LogP contribution in [0.4, 0.5) is 0 Å². The van der Waals surface area contributed by atoms with Gasteiger partial charge in [-0.2, -0.15) is 0 Å². The van der Waals surface area contributed by atoms with E-state index in [1.165, 1.54) is 4.90 Å². The van der Waals surface area contributed by atoms with Crippen molar-refractivity contribution in [1.29, 1.82) is 0 Å². The summed E-state index contributed by atoms with van der Waals surface area (Å²) in [5.41, 5.74) is 8.48. The maximum absolute atomic E-state index is 6.28. The molecule has 0 fully saturated rings. The lowest BCUT2D eigenvalue weighted by Gasteiger charge is -2.16. The fourth-order valence-electron chi connectivity index (χ4n) is 2.18. The molecule has 0 saturated heterocycles. The van der Waals surface area contributed by atoms with Crippen LogP contribution in [0.3, 0.4) is 0 Å². The summed E-state index contributed by atoms with van der Waals surface area (Å²) < 4.78 is 2.09. The van der Waals surface area contributed by atoms with E-state index in [4.69, 9.17) is 5.73 Å². The van der Waals surface area contributed by atoms with Gasteiger partial charge in [-0.15, -0.1) is 11.8 Å². The number of benzene rings is 1. The van der Waals surface area contributed by atoms with Crippen molar-refractivity contribution in [3.8, 4) is 5.69 Å². The van der Waals surface area contributed by atoms with Gasteiger partial charge in [-0.1, -0.05) is 19.9 Å². The van der Waals surface area contributed by atoms with E-state index in [1.54, 1.807) is 11.8 Å². The van der Waals surface area contributed by atoms with Gasteiger partial charge in [0.15, 0.2) is 0 Å². The van der Waals surface area contributed by atoms with Gasteiger partial charge in [0.2, 0.25) is 0 Å². The molecule has 0 saturated carbocycles. The predicted molar refractivity (Wildman–Crippen MR) is 81.7 cm³/mol. The van der Waals surface area contributed by atoms with Gasteiger partial charge in [-0.25, -0.2) is 4.98 Å². The molecule has 1 unspecified atom stereocenters. The van der Waals surface area contributed by atoms with Crippen LogP contribution in [0, 0.1) is 5.92 Å². The molecule has 1 aromatic heterocycles. The Morgan fingerprint density at radius 2 is 2.16 bits per heavy atom. The van der Waals surface area contributed by atoms with Gasteiger partial charge in [-0.3, -0.25) is 0 Å². The second-order valence-corrected chi connectivity index (χ2v) is 6.01. The van der Waals surface area contributed by atoms with Crippen molar-refractivity contribution in [3.05, 3.63) is 42.5 Å². The average Bonchev–Trinajstić information content (AvgIpc) is 2.87. The first-order valence-electron chi connectivity index (χ1n) is 6.54. The molecule has 1 heterocycles. The highest BCUT2D eigenvalue weighted by Gasteiger charge is 2.14. The highest BCUT2D eigenvalue weighted by Crippen LogP contribution is 2.24.